The molecular weight excluding hydrogens is 382 g/mol. The Labute approximate surface area is 159 Å². The number of carbonyl (C=O) groups is 1. The summed E-state index contributed by atoms with van der Waals surface area (Å²) in [6, 6.07) is 3.48. The molecule has 142 valence electrons. The van der Waals surface area contributed by atoms with Gasteiger partial charge in [-0.3, -0.25) is 4.79 Å². The first-order valence-electron chi connectivity index (χ1n) is 8.53. The minimum absolute atomic E-state index is 0.126. The molecule has 1 aromatic rings. The molecule has 0 saturated carbocycles. The lowest BCUT2D eigenvalue weighted by atomic mass is 10.2. The van der Waals surface area contributed by atoms with Crippen LogP contribution < -0.4 is 4.90 Å². The minimum atomic E-state index is -3.48. The van der Waals surface area contributed by atoms with Gasteiger partial charge in [0.1, 0.15) is 4.21 Å². The van der Waals surface area contributed by atoms with E-state index in [1.807, 2.05) is 32.6 Å². The molecule has 0 aromatic carbocycles. The van der Waals surface area contributed by atoms with Gasteiger partial charge in [0, 0.05) is 12.1 Å². The van der Waals surface area contributed by atoms with E-state index in [9.17, 15) is 13.2 Å². The summed E-state index contributed by atoms with van der Waals surface area (Å²) >= 11 is 6.93. The summed E-state index contributed by atoms with van der Waals surface area (Å²) in [4.78, 5) is 15.6. The van der Waals surface area contributed by atoms with Crippen LogP contribution in [0.5, 0.6) is 0 Å². The SMILES string of the molecule is CC(C)N(C(=O)C[NH+]1CCN(S(=O)(=O)c2ccc(Cl)s2)CC1)C(C)C. The molecule has 9 heteroatoms. The van der Waals surface area contributed by atoms with Crippen molar-refractivity contribution in [3.05, 3.63) is 16.5 Å². The Balaban J connectivity index is 1.94. The highest BCUT2D eigenvalue weighted by molar-refractivity contribution is 7.91. The molecule has 6 nitrogen and oxygen atoms in total. The number of rotatable bonds is 6. The first-order chi connectivity index (χ1) is 11.6. The molecule has 0 unspecified atom stereocenters. The molecule has 1 aromatic heterocycles. The van der Waals surface area contributed by atoms with E-state index in [0.717, 1.165) is 16.2 Å². The number of carbonyl (C=O) groups excluding carboxylic acids is 1. The zero-order chi connectivity index (χ0) is 18.8. The summed E-state index contributed by atoms with van der Waals surface area (Å²) in [6.45, 7) is 10.6. The van der Waals surface area contributed by atoms with Gasteiger partial charge in [-0.15, -0.1) is 11.3 Å². The fourth-order valence-corrected chi connectivity index (χ4v) is 6.34. The van der Waals surface area contributed by atoms with E-state index < -0.39 is 10.0 Å². The molecule has 1 amide bonds. The number of nitrogens with one attached hydrogen (secondary N) is 1. The van der Waals surface area contributed by atoms with Gasteiger partial charge in [0.25, 0.3) is 15.9 Å². The van der Waals surface area contributed by atoms with Crippen LogP contribution in [0.25, 0.3) is 0 Å². The number of halogens is 1. The van der Waals surface area contributed by atoms with Crippen LogP contribution in [0, 0.1) is 0 Å². The Morgan fingerprint density at radius 3 is 2.24 bits per heavy atom. The van der Waals surface area contributed by atoms with E-state index in [-0.39, 0.29) is 22.2 Å². The summed E-state index contributed by atoms with van der Waals surface area (Å²) in [6.07, 6.45) is 0. The van der Waals surface area contributed by atoms with Crippen molar-refractivity contribution in [2.24, 2.45) is 0 Å². The lowest BCUT2D eigenvalue weighted by Crippen LogP contribution is -3.15. The zero-order valence-corrected chi connectivity index (χ0v) is 17.5. The topological polar surface area (TPSA) is 62.1 Å². The molecular formula is C16H27ClN3O3S2+. The van der Waals surface area contributed by atoms with E-state index in [0.29, 0.717) is 37.1 Å². The molecule has 2 heterocycles. The second-order valence-electron chi connectivity index (χ2n) is 6.88. The Morgan fingerprint density at radius 1 is 1.24 bits per heavy atom. The predicted octanol–water partition coefficient (Wildman–Crippen LogP) is 0.936. The van der Waals surface area contributed by atoms with Gasteiger partial charge in [0.05, 0.1) is 30.5 Å². The highest BCUT2D eigenvalue weighted by atomic mass is 35.5. The third kappa shape index (κ3) is 4.95. The first kappa shape index (κ1) is 20.6. The van der Waals surface area contributed by atoms with Crippen molar-refractivity contribution in [2.75, 3.05) is 32.7 Å². The van der Waals surface area contributed by atoms with Crippen LogP contribution >= 0.6 is 22.9 Å². The second kappa shape index (κ2) is 8.35. The van der Waals surface area contributed by atoms with Gasteiger partial charge >= 0.3 is 0 Å². The number of quaternary nitrogens is 1. The molecule has 25 heavy (non-hydrogen) atoms. The molecule has 0 atom stereocenters. The average molecular weight is 409 g/mol. The number of thiophene rings is 1. The number of hydrogen-bond donors (Lipinski definition) is 1. The quantitative estimate of drug-likeness (QED) is 0.761. The molecule has 0 radical (unpaired) electrons. The fourth-order valence-electron chi connectivity index (χ4n) is 3.26. The van der Waals surface area contributed by atoms with Gasteiger partial charge in [0.15, 0.2) is 6.54 Å². The Hall–Kier alpha value is -0.670. The van der Waals surface area contributed by atoms with Crippen molar-refractivity contribution in [1.29, 1.82) is 0 Å². The number of nitrogens with zero attached hydrogens (tertiary/aromatic N) is 2. The van der Waals surface area contributed by atoms with Crippen molar-refractivity contribution in [3.63, 3.8) is 0 Å². The van der Waals surface area contributed by atoms with Crippen LogP contribution in [-0.2, 0) is 14.8 Å². The Morgan fingerprint density at radius 2 is 1.80 bits per heavy atom. The third-order valence-electron chi connectivity index (χ3n) is 4.37. The second-order valence-corrected chi connectivity index (χ2v) is 10.8. The number of piperazine rings is 1. The molecule has 0 aliphatic carbocycles. The van der Waals surface area contributed by atoms with Crippen LogP contribution in [0.15, 0.2) is 16.3 Å². The molecule has 1 N–H and O–H groups in total. The number of sulfonamides is 1. The predicted molar refractivity (Wildman–Crippen MR) is 101 cm³/mol. The highest BCUT2D eigenvalue weighted by Crippen LogP contribution is 2.27. The van der Waals surface area contributed by atoms with Gasteiger partial charge < -0.3 is 9.80 Å². The highest BCUT2D eigenvalue weighted by Gasteiger charge is 2.33. The minimum Gasteiger partial charge on any atom is -0.333 e. The van der Waals surface area contributed by atoms with Gasteiger partial charge in [-0.1, -0.05) is 11.6 Å². The summed E-state index contributed by atoms with van der Waals surface area (Å²) in [5.41, 5.74) is 0. The van der Waals surface area contributed by atoms with E-state index >= 15 is 0 Å². The van der Waals surface area contributed by atoms with Crippen LogP contribution in [0.1, 0.15) is 27.7 Å². The van der Waals surface area contributed by atoms with Crippen molar-refractivity contribution >= 4 is 38.9 Å². The zero-order valence-electron chi connectivity index (χ0n) is 15.2. The first-order valence-corrected chi connectivity index (χ1v) is 11.2. The van der Waals surface area contributed by atoms with E-state index in [2.05, 4.69) is 0 Å². The van der Waals surface area contributed by atoms with Crippen LogP contribution in [0.2, 0.25) is 4.34 Å². The van der Waals surface area contributed by atoms with Gasteiger partial charge in [-0.05, 0) is 39.8 Å². The molecule has 0 spiro atoms. The maximum absolute atomic E-state index is 12.6. The van der Waals surface area contributed by atoms with Crippen LogP contribution in [0.3, 0.4) is 0 Å². The van der Waals surface area contributed by atoms with Gasteiger partial charge in [-0.2, -0.15) is 4.31 Å². The molecule has 0 bridgehead atoms. The molecule has 1 aliphatic rings. The summed E-state index contributed by atoms with van der Waals surface area (Å²) in [5.74, 6) is 0.126. The maximum Gasteiger partial charge on any atom is 0.278 e. The Kier molecular flexibility index (Phi) is 6.89. The fraction of sp³-hybridized carbons (Fsp3) is 0.688. The third-order valence-corrected chi connectivity index (χ3v) is 7.97. The van der Waals surface area contributed by atoms with Gasteiger partial charge in [-0.25, -0.2) is 8.42 Å². The number of hydrogen-bond acceptors (Lipinski definition) is 4. The smallest absolute Gasteiger partial charge is 0.278 e. The standard InChI is InChI=1S/C16H26ClN3O3S2/c1-12(2)20(13(3)4)15(21)11-18-7-9-19(10-8-18)25(22,23)16-6-5-14(17)24-16/h5-6,12-13H,7-11H2,1-4H3/p+1. The largest absolute Gasteiger partial charge is 0.333 e. The maximum atomic E-state index is 12.6. The molecule has 1 aliphatic heterocycles. The summed E-state index contributed by atoms with van der Waals surface area (Å²) in [5, 5.41) is 0. The summed E-state index contributed by atoms with van der Waals surface area (Å²) < 4.78 is 27.5. The van der Waals surface area contributed by atoms with Crippen molar-refractivity contribution in [1.82, 2.24) is 9.21 Å². The van der Waals surface area contributed by atoms with E-state index in [1.165, 1.54) is 4.31 Å². The van der Waals surface area contributed by atoms with Crippen LogP contribution in [-0.4, -0.2) is 68.3 Å². The average Bonchev–Trinajstić information content (AvgIpc) is 2.94. The van der Waals surface area contributed by atoms with E-state index in [1.54, 1.807) is 12.1 Å². The molecule has 2 rings (SSSR count). The lowest BCUT2D eigenvalue weighted by Gasteiger charge is -2.34. The monoisotopic (exact) mass is 408 g/mol. The van der Waals surface area contributed by atoms with Crippen LogP contribution in [0.4, 0.5) is 0 Å². The van der Waals surface area contributed by atoms with Gasteiger partial charge in [0.2, 0.25) is 0 Å². The molecule has 1 saturated heterocycles. The normalized spacial score (nSPS) is 17.4. The van der Waals surface area contributed by atoms with Crippen molar-refractivity contribution in [3.8, 4) is 0 Å². The molecule has 1 fully saturated rings. The Bertz CT molecular complexity index is 687. The van der Waals surface area contributed by atoms with E-state index in [4.69, 9.17) is 11.6 Å². The lowest BCUT2D eigenvalue weighted by molar-refractivity contribution is -0.896. The summed E-state index contributed by atoms with van der Waals surface area (Å²) in [7, 11) is -3.48. The van der Waals surface area contributed by atoms with Crippen molar-refractivity contribution < 1.29 is 18.1 Å². The number of amides is 1. The van der Waals surface area contributed by atoms with Crippen molar-refractivity contribution in [2.45, 2.75) is 44.0 Å².